The predicted octanol–water partition coefficient (Wildman–Crippen LogP) is 5.63. The van der Waals surface area contributed by atoms with Gasteiger partial charge in [0.15, 0.2) is 5.78 Å². The minimum absolute atomic E-state index is 0.220. The van der Waals surface area contributed by atoms with Gasteiger partial charge in [-0.25, -0.2) is 0 Å². The van der Waals surface area contributed by atoms with Gasteiger partial charge in [-0.2, -0.15) is 0 Å². The molecule has 2 atom stereocenters. The van der Waals surface area contributed by atoms with Crippen molar-refractivity contribution in [1.29, 1.82) is 0 Å². The van der Waals surface area contributed by atoms with Crippen molar-refractivity contribution in [1.82, 2.24) is 0 Å². The molecule has 0 spiro atoms. The topological polar surface area (TPSA) is 43.1 Å². The number of carbonyl (C=O) groups excluding carboxylic acids is 1. The summed E-state index contributed by atoms with van der Waals surface area (Å²) in [5.74, 6) is 0.509. The van der Waals surface area contributed by atoms with E-state index in [0.29, 0.717) is 0 Å². The SMILES string of the molecule is CCCCCCCCCC(CCCCCC)C(=O)[C@H](C)N. The number of rotatable bonds is 15. The van der Waals surface area contributed by atoms with Gasteiger partial charge in [-0.1, -0.05) is 84.5 Å². The molecule has 0 aliphatic carbocycles. The molecular formula is C19H39NO. The van der Waals surface area contributed by atoms with Crippen molar-refractivity contribution in [3.63, 3.8) is 0 Å². The highest BCUT2D eigenvalue weighted by Gasteiger charge is 2.20. The van der Waals surface area contributed by atoms with Gasteiger partial charge in [-0.05, 0) is 19.8 Å². The van der Waals surface area contributed by atoms with Crippen LogP contribution in [0, 0.1) is 5.92 Å². The van der Waals surface area contributed by atoms with Gasteiger partial charge in [0, 0.05) is 5.92 Å². The number of hydrogen-bond donors (Lipinski definition) is 1. The van der Waals surface area contributed by atoms with E-state index < -0.39 is 0 Å². The van der Waals surface area contributed by atoms with E-state index in [1.165, 1.54) is 70.6 Å². The molecule has 0 amide bonds. The monoisotopic (exact) mass is 297 g/mol. The van der Waals surface area contributed by atoms with Crippen LogP contribution in [0.25, 0.3) is 0 Å². The fraction of sp³-hybridized carbons (Fsp3) is 0.947. The van der Waals surface area contributed by atoms with Crippen LogP contribution in [0.5, 0.6) is 0 Å². The third kappa shape index (κ3) is 11.9. The normalized spacial score (nSPS) is 14.1. The van der Waals surface area contributed by atoms with Crippen molar-refractivity contribution in [2.75, 3.05) is 0 Å². The lowest BCUT2D eigenvalue weighted by atomic mass is 9.88. The highest BCUT2D eigenvalue weighted by Crippen LogP contribution is 2.20. The van der Waals surface area contributed by atoms with Crippen LogP contribution in [0.3, 0.4) is 0 Å². The van der Waals surface area contributed by atoms with Crippen LogP contribution in [-0.2, 0) is 4.79 Å². The van der Waals surface area contributed by atoms with Gasteiger partial charge in [-0.3, -0.25) is 4.79 Å². The van der Waals surface area contributed by atoms with Gasteiger partial charge in [-0.15, -0.1) is 0 Å². The number of Topliss-reactive ketones (excluding diaryl/α,β-unsaturated/α-hetero) is 1. The Labute approximate surface area is 133 Å². The average molecular weight is 298 g/mol. The molecule has 0 bridgehead atoms. The van der Waals surface area contributed by atoms with Crippen molar-refractivity contribution in [3.05, 3.63) is 0 Å². The molecule has 0 rings (SSSR count). The number of hydrogen-bond acceptors (Lipinski definition) is 2. The Morgan fingerprint density at radius 2 is 1.14 bits per heavy atom. The molecule has 0 aromatic carbocycles. The minimum Gasteiger partial charge on any atom is -0.322 e. The summed E-state index contributed by atoms with van der Waals surface area (Å²) in [7, 11) is 0. The lowest BCUT2D eigenvalue weighted by molar-refractivity contribution is -0.124. The second kappa shape index (κ2) is 14.6. The molecule has 1 unspecified atom stereocenters. The van der Waals surface area contributed by atoms with Crippen LogP contribution in [0.4, 0.5) is 0 Å². The first-order valence-corrected chi connectivity index (χ1v) is 9.42. The molecule has 0 aliphatic heterocycles. The van der Waals surface area contributed by atoms with E-state index in [4.69, 9.17) is 5.73 Å². The highest BCUT2D eigenvalue weighted by atomic mass is 16.1. The lowest BCUT2D eigenvalue weighted by Gasteiger charge is -2.18. The zero-order chi connectivity index (χ0) is 15.9. The number of carbonyl (C=O) groups is 1. The van der Waals surface area contributed by atoms with Gasteiger partial charge in [0.25, 0.3) is 0 Å². The second-order valence-corrected chi connectivity index (χ2v) is 6.65. The van der Waals surface area contributed by atoms with Crippen LogP contribution in [-0.4, -0.2) is 11.8 Å². The summed E-state index contributed by atoms with van der Waals surface area (Å²) >= 11 is 0. The molecule has 0 saturated heterocycles. The van der Waals surface area contributed by atoms with Gasteiger partial charge in [0.05, 0.1) is 6.04 Å². The summed E-state index contributed by atoms with van der Waals surface area (Å²) in [6.45, 7) is 6.32. The Kier molecular flexibility index (Phi) is 14.3. The van der Waals surface area contributed by atoms with Crippen LogP contribution < -0.4 is 5.73 Å². The first-order valence-electron chi connectivity index (χ1n) is 9.42. The molecular weight excluding hydrogens is 258 g/mol. The maximum Gasteiger partial charge on any atom is 0.152 e. The van der Waals surface area contributed by atoms with E-state index in [9.17, 15) is 4.79 Å². The number of unbranched alkanes of at least 4 members (excludes halogenated alkanes) is 9. The molecule has 2 nitrogen and oxygen atoms in total. The lowest BCUT2D eigenvalue weighted by Crippen LogP contribution is -2.32. The summed E-state index contributed by atoms with van der Waals surface area (Å²) in [5.41, 5.74) is 5.80. The van der Waals surface area contributed by atoms with Crippen molar-refractivity contribution >= 4 is 5.78 Å². The van der Waals surface area contributed by atoms with Crippen LogP contribution >= 0.6 is 0 Å². The Morgan fingerprint density at radius 1 is 0.762 bits per heavy atom. The maximum absolute atomic E-state index is 12.2. The maximum atomic E-state index is 12.2. The molecule has 0 aliphatic rings. The van der Waals surface area contributed by atoms with E-state index in [1.807, 2.05) is 6.92 Å². The number of nitrogens with two attached hydrogens (primary N) is 1. The quantitative estimate of drug-likeness (QED) is 0.398. The summed E-state index contributed by atoms with van der Waals surface area (Å²) < 4.78 is 0. The van der Waals surface area contributed by atoms with Gasteiger partial charge < -0.3 is 5.73 Å². The van der Waals surface area contributed by atoms with Crippen LogP contribution in [0.1, 0.15) is 104 Å². The van der Waals surface area contributed by atoms with Crippen LogP contribution in [0.15, 0.2) is 0 Å². The smallest absolute Gasteiger partial charge is 0.152 e. The predicted molar refractivity (Wildman–Crippen MR) is 93.5 cm³/mol. The molecule has 126 valence electrons. The van der Waals surface area contributed by atoms with Crippen molar-refractivity contribution in [2.24, 2.45) is 11.7 Å². The van der Waals surface area contributed by atoms with Gasteiger partial charge >= 0.3 is 0 Å². The minimum atomic E-state index is -0.286. The molecule has 2 N–H and O–H groups in total. The third-order valence-electron chi connectivity index (χ3n) is 4.41. The highest BCUT2D eigenvalue weighted by molar-refractivity contribution is 5.85. The first kappa shape index (κ1) is 20.6. The average Bonchev–Trinajstić information content (AvgIpc) is 2.47. The Bertz CT molecular complexity index is 238. The number of ketones is 1. The fourth-order valence-electron chi connectivity index (χ4n) is 2.97. The van der Waals surface area contributed by atoms with E-state index in [-0.39, 0.29) is 17.7 Å². The van der Waals surface area contributed by atoms with E-state index in [1.54, 1.807) is 0 Å². The molecule has 0 radical (unpaired) electrons. The molecule has 0 heterocycles. The summed E-state index contributed by atoms with van der Waals surface area (Å²) in [5, 5.41) is 0. The van der Waals surface area contributed by atoms with Gasteiger partial charge in [0.2, 0.25) is 0 Å². The van der Waals surface area contributed by atoms with Gasteiger partial charge in [0.1, 0.15) is 0 Å². The molecule has 0 aromatic heterocycles. The standard InChI is InChI=1S/C19H39NO/c1-4-6-8-10-11-12-14-16-18(19(21)17(3)20)15-13-9-7-5-2/h17-18H,4-16,20H2,1-3H3/t17-,18?/m0/s1. The van der Waals surface area contributed by atoms with E-state index >= 15 is 0 Å². The van der Waals surface area contributed by atoms with Crippen molar-refractivity contribution < 1.29 is 4.79 Å². The Hall–Kier alpha value is -0.370. The molecule has 0 fully saturated rings. The van der Waals surface area contributed by atoms with E-state index in [0.717, 1.165) is 12.8 Å². The summed E-state index contributed by atoms with van der Waals surface area (Å²) in [6, 6.07) is -0.286. The van der Waals surface area contributed by atoms with Crippen molar-refractivity contribution in [2.45, 2.75) is 110 Å². The largest absolute Gasteiger partial charge is 0.322 e. The zero-order valence-corrected chi connectivity index (χ0v) is 14.8. The Balaban J connectivity index is 3.85. The summed E-state index contributed by atoms with van der Waals surface area (Å²) in [6.07, 6.45) is 16.3. The molecule has 0 saturated carbocycles. The molecule has 2 heteroatoms. The fourth-order valence-corrected chi connectivity index (χ4v) is 2.97. The van der Waals surface area contributed by atoms with Crippen molar-refractivity contribution in [3.8, 4) is 0 Å². The molecule has 0 aromatic rings. The second-order valence-electron chi connectivity index (χ2n) is 6.65. The first-order chi connectivity index (χ1) is 10.1. The van der Waals surface area contributed by atoms with Crippen LogP contribution in [0.2, 0.25) is 0 Å². The Morgan fingerprint density at radius 3 is 1.57 bits per heavy atom. The molecule has 21 heavy (non-hydrogen) atoms. The zero-order valence-electron chi connectivity index (χ0n) is 14.8. The van der Waals surface area contributed by atoms with E-state index in [2.05, 4.69) is 13.8 Å². The summed E-state index contributed by atoms with van der Waals surface area (Å²) in [4.78, 5) is 12.2. The third-order valence-corrected chi connectivity index (χ3v) is 4.41.